The minimum Gasteiger partial charge on any atom is -0.0654 e. The van der Waals surface area contributed by atoms with Crippen molar-refractivity contribution in [1.29, 1.82) is 0 Å². The van der Waals surface area contributed by atoms with E-state index in [1.807, 2.05) is 0 Å². The predicted octanol–water partition coefficient (Wildman–Crippen LogP) is 14.8. The standard InChI is InChI=1S/C41H81B/c1-7-9-10-11-12-13-14-15-16-17-20-23-30-38(5)40-32-34-41(42,35-33-40)39(6)31-24-21-18-19-22-28-37(4)29-26-25-27-36(3)8-2/h36-40H,7-35H2,1-6H3. The molecule has 0 aromatic carbocycles. The van der Waals surface area contributed by atoms with Crippen LogP contribution in [0.5, 0.6) is 0 Å². The molecule has 0 spiro atoms. The normalized spacial score (nSPS) is 22.2. The molecule has 0 aromatic rings. The molecule has 4 unspecified atom stereocenters. The molecule has 1 aliphatic carbocycles. The summed E-state index contributed by atoms with van der Waals surface area (Å²) in [5, 5.41) is 0.122. The zero-order valence-corrected chi connectivity index (χ0v) is 30.5. The number of unbranched alkanes of at least 4 members (excludes halogenated alkanes) is 16. The lowest BCUT2D eigenvalue weighted by atomic mass is 9.51. The highest BCUT2D eigenvalue weighted by Gasteiger charge is 2.36. The monoisotopic (exact) mass is 585 g/mol. The third kappa shape index (κ3) is 20.2. The Bertz CT molecular complexity index is 561. The van der Waals surface area contributed by atoms with Crippen LogP contribution in [0.4, 0.5) is 0 Å². The molecular weight excluding hydrogens is 503 g/mol. The molecule has 248 valence electrons. The Morgan fingerprint density at radius 2 is 0.881 bits per heavy atom. The lowest BCUT2D eigenvalue weighted by Crippen LogP contribution is -2.30. The summed E-state index contributed by atoms with van der Waals surface area (Å²) in [5.74, 6) is 4.39. The van der Waals surface area contributed by atoms with Crippen LogP contribution in [0.1, 0.15) is 228 Å². The highest BCUT2D eigenvalue weighted by molar-refractivity contribution is 6.15. The van der Waals surface area contributed by atoms with Crippen molar-refractivity contribution < 1.29 is 0 Å². The first kappa shape index (κ1) is 40.1. The minimum atomic E-state index is 0.122. The fraction of sp³-hybridized carbons (Fsp3) is 1.00. The first-order chi connectivity index (χ1) is 20.3. The Kier molecular flexibility index (Phi) is 25.1. The molecule has 42 heavy (non-hydrogen) atoms. The lowest BCUT2D eigenvalue weighted by Gasteiger charge is -2.44. The molecule has 2 radical (unpaired) electrons. The van der Waals surface area contributed by atoms with E-state index in [1.165, 1.54) is 186 Å². The average Bonchev–Trinajstić information content (AvgIpc) is 2.99. The number of hydrogen-bond donors (Lipinski definition) is 0. The zero-order valence-electron chi connectivity index (χ0n) is 30.5. The van der Waals surface area contributed by atoms with Gasteiger partial charge in [-0.3, -0.25) is 0 Å². The van der Waals surface area contributed by atoms with Gasteiger partial charge in [0, 0.05) is 0 Å². The van der Waals surface area contributed by atoms with Crippen molar-refractivity contribution in [3.63, 3.8) is 0 Å². The van der Waals surface area contributed by atoms with Gasteiger partial charge in [-0.25, -0.2) is 0 Å². The minimum absolute atomic E-state index is 0.122. The van der Waals surface area contributed by atoms with Crippen LogP contribution in [0.2, 0.25) is 5.31 Å². The summed E-state index contributed by atoms with van der Waals surface area (Å²) >= 11 is 0. The smallest absolute Gasteiger partial charge is 0.0654 e. The van der Waals surface area contributed by atoms with E-state index in [9.17, 15) is 0 Å². The molecule has 1 rings (SSSR count). The molecule has 1 aliphatic rings. The van der Waals surface area contributed by atoms with Gasteiger partial charge in [-0.2, -0.15) is 0 Å². The van der Waals surface area contributed by atoms with Gasteiger partial charge in [0.2, 0.25) is 0 Å². The fourth-order valence-corrected chi connectivity index (χ4v) is 7.88. The van der Waals surface area contributed by atoms with Crippen LogP contribution in [0.15, 0.2) is 0 Å². The van der Waals surface area contributed by atoms with E-state index in [0.29, 0.717) is 5.92 Å². The van der Waals surface area contributed by atoms with Crippen molar-refractivity contribution in [2.45, 2.75) is 233 Å². The van der Waals surface area contributed by atoms with Crippen LogP contribution in [0.25, 0.3) is 0 Å². The Hall–Kier alpha value is 0.0649. The van der Waals surface area contributed by atoms with Crippen molar-refractivity contribution in [2.24, 2.45) is 29.6 Å². The van der Waals surface area contributed by atoms with Crippen LogP contribution >= 0.6 is 0 Å². The van der Waals surface area contributed by atoms with Crippen molar-refractivity contribution in [2.75, 3.05) is 0 Å². The molecule has 0 heterocycles. The van der Waals surface area contributed by atoms with E-state index in [0.717, 1.165) is 23.7 Å². The number of rotatable bonds is 29. The molecule has 0 aliphatic heterocycles. The van der Waals surface area contributed by atoms with Crippen LogP contribution < -0.4 is 0 Å². The van der Waals surface area contributed by atoms with Crippen LogP contribution in [0, 0.1) is 29.6 Å². The van der Waals surface area contributed by atoms with Gasteiger partial charge in [0.15, 0.2) is 0 Å². The molecule has 4 atom stereocenters. The Balaban J connectivity index is 2.00. The maximum absolute atomic E-state index is 7.05. The van der Waals surface area contributed by atoms with Gasteiger partial charge in [0.05, 0.1) is 7.85 Å². The predicted molar refractivity (Wildman–Crippen MR) is 194 cm³/mol. The second kappa shape index (κ2) is 26.3. The maximum Gasteiger partial charge on any atom is 0.0749 e. The van der Waals surface area contributed by atoms with Crippen LogP contribution in [0.3, 0.4) is 0 Å². The molecule has 0 N–H and O–H groups in total. The molecule has 1 saturated carbocycles. The molecule has 1 fully saturated rings. The Morgan fingerprint density at radius 1 is 0.500 bits per heavy atom. The van der Waals surface area contributed by atoms with Gasteiger partial charge in [-0.15, -0.1) is 0 Å². The van der Waals surface area contributed by atoms with E-state index < -0.39 is 0 Å². The Morgan fingerprint density at radius 3 is 1.36 bits per heavy atom. The third-order valence-corrected chi connectivity index (χ3v) is 11.9. The van der Waals surface area contributed by atoms with Crippen LogP contribution in [-0.2, 0) is 0 Å². The van der Waals surface area contributed by atoms with Crippen molar-refractivity contribution in [1.82, 2.24) is 0 Å². The molecular formula is C41H81B. The van der Waals surface area contributed by atoms with Gasteiger partial charge < -0.3 is 0 Å². The summed E-state index contributed by atoms with van der Waals surface area (Å²) in [6.45, 7) is 14.5. The first-order valence-corrected chi connectivity index (χ1v) is 20.1. The van der Waals surface area contributed by atoms with Gasteiger partial charge >= 0.3 is 0 Å². The van der Waals surface area contributed by atoms with Crippen molar-refractivity contribution >= 4 is 7.85 Å². The molecule has 0 amide bonds. The summed E-state index contributed by atoms with van der Waals surface area (Å²) in [4.78, 5) is 0. The Labute approximate surface area is 269 Å². The van der Waals surface area contributed by atoms with Gasteiger partial charge in [0.1, 0.15) is 0 Å². The van der Waals surface area contributed by atoms with Crippen molar-refractivity contribution in [3.05, 3.63) is 0 Å². The molecule has 0 aromatic heterocycles. The summed E-state index contributed by atoms with van der Waals surface area (Å²) in [5.41, 5.74) is 0. The molecule has 0 saturated heterocycles. The fourth-order valence-electron chi connectivity index (χ4n) is 7.88. The quantitative estimate of drug-likeness (QED) is 0.0606. The van der Waals surface area contributed by atoms with Gasteiger partial charge in [-0.05, 0) is 29.6 Å². The van der Waals surface area contributed by atoms with E-state index in [4.69, 9.17) is 7.85 Å². The summed E-state index contributed by atoms with van der Waals surface area (Å²) in [7, 11) is 7.05. The topological polar surface area (TPSA) is 0 Å². The molecule has 0 nitrogen and oxygen atoms in total. The van der Waals surface area contributed by atoms with Crippen LogP contribution in [-0.4, -0.2) is 7.85 Å². The summed E-state index contributed by atoms with van der Waals surface area (Å²) < 4.78 is 0. The number of hydrogen-bond acceptors (Lipinski definition) is 0. The summed E-state index contributed by atoms with van der Waals surface area (Å²) in [6, 6.07) is 0. The first-order valence-electron chi connectivity index (χ1n) is 20.1. The summed E-state index contributed by atoms with van der Waals surface area (Å²) in [6.07, 6.45) is 41.3. The van der Waals surface area contributed by atoms with E-state index >= 15 is 0 Å². The highest BCUT2D eigenvalue weighted by Crippen LogP contribution is 2.51. The highest BCUT2D eigenvalue weighted by atomic mass is 14.4. The molecule has 1 heteroatoms. The maximum atomic E-state index is 7.05. The van der Waals surface area contributed by atoms with E-state index in [1.54, 1.807) is 0 Å². The lowest BCUT2D eigenvalue weighted by molar-refractivity contribution is 0.175. The van der Waals surface area contributed by atoms with E-state index in [2.05, 4.69) is 41.5 Å². The van der Waals surface area contributed by atoms with Gasteiger partial charge in [0.25, 0.3) is 0 Å². The molecule has 0 bridgehead atoms. The third-order valence-electron chi connectivity index (χ3n) is 11.9. The average molecular weight is 585 g/mol. The van der Waals surface area contributed by atoms with Crippen molar-refractivity contribution in [3.8, 4) is 0 Å². The SMILES string of the molecule is [B]C1(C(C)CCCCCCCC(C)CCCCC(C)CC)CCC(C(C)CCCCCCCCCCCCCC)CC1. The van der Waals surface area contributed by atoms with E-state index in [-0.39, 0.29) is 5.31 Å². The van der Waals surface area contributed by atoms with Gasteiger partial charge in [-0.1, -0.05) is 233 Å². The zero-order chi connectivity index (χ0) is 30.9. The largest absolute Gasteiger partial charge is 0.0749 e. The second-order valence-corrected chi connectivity index (χ2v) is 15.9. The second-order valence-electron chi connectivity index (χ2n) is 15.9.